The molecule has 1 saturated carbocycles. The fraction of sp³-hybridized carbons (Fsp3) is 0.364. The largest absolute Gasteiger partial charge is 0.485 e. The summed E-state index contributed by atoms with van der Waals surface area (Å²) < 4.78 is 18.9. The Kier molecular flexibility index (Phi) is 3.50. The lowest BCUT2D eigenvalue weighted by Gasteiger charge is -2.08. The molecule has 0 bridgehead atoms. The van der Waals surface area contributed by atoms with Crippen LogP contribution in [0.25, 0.3) is 0 Å². The van der Waals surface area contributed by atoms with Gasteiger partial charge in [-0.05, 0) is 34.8 Å². The van der Waals surface area contributed by atoms with Crippen LogP contribution in [-0.2, 0) is 4.79 Å². The van der Waals surface area contributed by atoms with E-state index in [1.165, 1.54) is 12.1 Å². The van der Waals surface area contributed by atoms with E-state index in [0.29, 0.717) is 10.2 Å². The van der Waals surface area contributed by atoms with E-state index in [4.69, 9.17) is 16.3 Å². The molecule has 0 spiro atoms. The summed E-state index contributed by atoms with van der Waals surface area (Å²) in [5.74, 6) is -0.0344. The predicted octanol–water partition coefficient (Wildman–Crippen LogP) is 3.60. The van der Waals surface area contributed by atoms with Gasteiger partial charge in [0.05, 0.1) is 9.50 Å². The molecule has 1 aliphatic rings. The molecular formula is C11H9BrClFO2. The molecule has 0 atom stereocenters. The van der Waals surface area contributed by atoms with E-state index in [9.17, 15) is 9.18 Å². The van der Waals surface area contributed by atoms with Crippen LogP contribution in [0.15, 0.2) is 16.6 Å². The van der Waals surface area contributed by atoms with Crippen LogP contribution in [0.5, 0.6) is 5.75 Å². The van der Waals surface area contributed by atoms with Crippen LogP contribution in [0.1, 0.15) is 12.8 Å². The van der Waals surface area contributed by atoms with Gasteiger partial charge >= 0.3 is 0 Å². The second-order valence-electron chi connectivity index (χ2n) is 3.73. The highest BCUT2D eigenvalue weighted by Crippen LogP contribution is 2.32. The number of hydrogen-bond acceptors (Lipinski definition) is 2. The molecule has 16 heavy (non-hydrogen) atoms. The number of benzene rings is 1. The fourth-order valence-corrected chi connectivity index (χ4v) is 2.04. The summed E-state index contributed by atoms with van der Waals surface area (Å²) >= 11 is 8.78. The number of ether oxygens (including phenoxy) is 1. The van der Waals surface area contributed by atoms with Crippen molar-refractivity contribution < 1.29 is 13.9 Å². The molecule has 0 saturated heterocycles. The lowest BCUT2D eigenvalue weighted by Crippen LogP contribution is -2.13. The third-order valence-corrected chi connectivity index (χ3v) is 3.29. The molecule has 1 aromatic carbocycles. The molecule has 0 N–H and O–H groups in total. The summed E-state index contributed by atoms with van der Waals surface area (Å²) in [5.41, 5.74) is 0. The van der Waals surface area contributed by atoms with E-state index in [2.05, 4.69) is 15.9 Å². The maximum Gasteiger partial charge on any atom is 0.173 e. The monoisotopic (exact) mass is 306 g/mol. The second kappa shape index (κ2) is 4.72. The maximum atomic E-state index is 13.1. The second-order valence-corrected chi connectivity index (χ2v) is 4.99. The van der Waals surface area contributed by atoms with Crippen LogP contribution in [0.3, 0.4) is 0 Å². The van der Waals surface area contributed by atoms with Gasteiger partial charge < -0.3 is 4.74 Å². The topological polar surface area (TPSA) is 26.3 Å². The molecule has 0 unspecified atom stereocenters. The summed E-state index contributed by atoms with van der Waals surface area (Å²) in [5, 5.41) is 0.0211. The van der Waals surface area contributed by atoms with E-state index in [0.717, 1.165) is 12.8 Å². The maximum absolute atomic E-state index is 13.1. The first-order chi connectivity index (χ1) is 7.58. The number of halogens is 3. The SMILES string of the molecule is O=C(COc1cc(F)c(Cl)cc1Br)C1CC1. The first-order valence-electron chi connectivity index (χ1n) is 4.88. The van der Waals surface area contributed by atoms with Crippen LogP contribution in [0, 0.1) is 11.7 Å². The predicted molar refractivity (Wildman–Crippen MR) is 62.3 cm³/mol. The minimum Gasteiger partial charge on any atom is -0.485 e. The number of Topliss-reactive ketones (excluding diaryl/α,β-unsaturated/α-hetero) is 1. The van der Waals surface area contributed by atoms with Crippen molar-refractivity contribution in [3.63, 3.8) is 0 Å². The number of ketones is 1. The normalized spacial score (nSPS) is 14.9. The van der Waals surface area contributed by atoms with E-state index in [1.807, 2.05) is 0 Å². The molecule has 2 rings (SSSR count). The number of carbonyl (C=O) groups excluding carboxylic acids is 1. The summed E-state index contributed by atoms with van der Waals surface area (Å²) in [4.78, 5) is 11.4. The smallest absolute Gasteiger partial charge is 0.173 e. The van der Waals surface area contributed by atoms with Gasteiger partial charge in [0, 0.05) is 12.0 Å². The van der Waals surface area contributed by atoms with Gasteiger partial charge in [-0.15, -0.1) is 0 Å². The molecular weight excluding hydrogens is 298 g/mol. The third kappa shape index (κ3) is 2.74. The summed E-state index contributed by atoms with van der Waals surface area (Å²) in [6.45, 7) is -0.00958. The Morgan fingerprint density at radius 2 is 2.25 bits per heavy atom. The first kappa shape index (κ1) is 11.9. The average molecular weight is 308 g/mol. The van der Waals surface area contributed by atoms with E-state index >= 15 is 0 Å². The van der Waals surface area contributed by atoms with Crippen molar-refractivity contribution in [2.24, 2.45) is 5.92 Å². The molecule has 0 heterocycles. The van der Waals surface area contributed by atoms with Crippen molar-refractivity contribution in [3.8, 4) is 5.75 Å². The highest BCUT2D eigenvalue weighted by molar-refractivity contribution is 9.10. The zero-order valence-electron chi connectivity index (χ0n) is 8.30. The molecule has 0 aliphatic heterocycles. The van der Waals surface area contributed by atoms with Gasteiger partial charge in [0.1, 0.15) is 18.2 Å². The first-order valence-corrected chi connectivity index (χ1v) is 6.05. The minimum atomic E-state index is -0.557. The van der Waals surface area contributed by atoms with Crippen molar-refractivity contribution in [1.29, 1.82) is 0 Å². The Bertz CT molecular complexity index is 432. The Labute approximate surface area is 106 Å². The Hall–Kier alpha value is -0.610. The highest BCUT2D eigenvalue weighted by Gasteiger charge is 2.29. The summed E-state index contributed by atoms with van der Waals surface area (Å²) in [6, 6.07) is 2.58. The molecule has 5 heteroatoms. The van der Waals surface area contributed by atoms with Crippen molar-refractivity contribution in [2.45, 2.75) is 12.8 Å². The molecule has 2 nitrogen and oxygen atoms in total. The Morgan fingerprint density at radius 1 is 1.56 bits per heavy atom. The van der Waals surface area contributed by atoms with E-state index in [1.54, 1.807) is 0 Å². The van der Waals surface area contributed by atoms with Gasteiger partial charge in [-0.25, -0.2) is 4.39 Å². The van der Waals surface area contributed by atoms with Crippen molar-refractivity contribution in [3.05, 3.63) is 27.4 Å². The fourth-order valence-electron chi connectivity index (χ4n) is 1.29. The van der Waals surface area contributed by atoms with Crippen LogP contribution >= 0.6 is 27.5 Å². The van der Waals surface area contributed by atoms with E-state index < -0.39 is 5.82 Å². The van der Waals surface area contributed by atoms with Crippen LogP contribution in [0.2, 0.25) is 5.02 Å². The highest BCUT2D eigenvalue weighted by atomic mass is 79.9. The molecule has 1 aromatic rings. The van der Waals surface area contributed by atoms with Gasteiger partial charge in [0.2, 0.25) is 0 Å². The zero-order valence-corrected chi connectivity index (χ0v) is 10.6. The average Bonchev–Trinajstić information content (AvgIpc) is 3.04. The molecule has 0 radical (unpaired) electrons. The Morgan fingerprint density at radius 3 is 2.88 bits per heavy atom. The lowest BCUT2D eigenvalue weighted by atomic mass is 10.3. The third-order valence-electron chi connectivity index (χ3n) is 2.38. The lowest BCUT2D eigenvalue weighted by molar-refractivity contribution is -0.122. The molecule has 0 aromatic heterocycles. The van der Waals surface area contributed by atoms with Gasteiger partial charge in [-0.3, -0.25) is 4.79 Å². The standard InChI is InChI=1S/C11H9BrClFO2/c12-7-3-8(13)9(14)4-11(7)16-5-10(15)6-1-2-6/h3-4,6H,1-2,5H2. The zero-order chi connectivity index (χ0) is 11.7. The van der Waals surface area contributed by atoms with Crippen molar-refractivity contribution >= 4 is 33.3 Å². The van der Waals surface area contributed by atoms with Crippen LogP contribution in [0.4, 0.5) is 4.39 Å². The number of rotatable bonds is 4. The van der Waals surface area contributed by atoms with Crippen LogP contribution < -0.4 is 4.74 Å². The van der Waals surface area contributed by atoms with Crippen LogP contribution in [-0.4, -0.2) is 12.4 Å². The van der Waals surface area contributed by atoms with Crippen molar-refractivity contribution in [1.82, 2.24) is 0 Å². The summed E-state index contributed by atoms with van der Waals surface area (Å²) in [6.07, 6.45) is 1.89. The number of carbonyl (C=O) groups is 1. The van der Waals surface area contributed by atoms with Gasteiger partial charge in [0.15, 0.2) is 5.78 Å². The van der Waals surface area contributed by atoms with Crippen molar-refractivity contribution in [2.75, 3.05) is 6.61 Å². The molecule has 86 valence electrons. The molecule has 1 fully saturated rings. The quantitative estimate of drug-likeness (QED) is 0.795. The summed E-state index contributed by atoms with van der Waals surface area (Å²) in [7, 11) is 0. The number of hydrogen-bond donors (Lipinski definition) is 0. The molecule has 0 amide bonds. The Balaban J connectivity index is 2.03. The van der Waals surface area contributed by atoms with Gasteiger partial charge in [0.25, 0.3) is 0 Å². The van der Waals surface area contributed by atoms with Gasteiger partial charge in [-0.2, -0.15) is 0 Å². The van der Waals surface area contributed by atoms with Gasteiger partial charge in [-0.1, -0.05) is 11.6 Å². The van der Waals surface area contributed by atoms with E-state index in [-0.39, 0.29) is 23.3 Å². The molecule has 1 aliphatic carbocycles. The minimum absolute atomic E-state index is 0.00958.